The van der Waals surface area contributed by atoms with Gasteiger partial charge in [-0.05, 0) is 72.1 Å². The lowest BCUT2D eigenvalue weighted by molar-refractivity contribution is -0.116. The summed E-state index contributed by atoms with van der Waals surface area (Å²) in [7, 11) is 0. The summed E-state index contributed by atoms with van der Waals surface area (Å²) in [6.45, 7) is 7.24. The van der Waals surface area contributed by atoms with Crippen LogP contribution in [0.2, 0.25) is 0 Å². The molecule has 0 spiro atoms. The van der Waals surface area contributed by atoms with Crippen LogP contribution < -0.4 is 0 Å². The molecule has 27 heavy (non-hydrogen) atoms. The van der Waals surface area contributed by atoms with E-state index in [1.807, 2.05) is 24.5 Å². The number of aromatic nitrogens is 1. The topological polar surface area (TPSA) is 30.0 Å². The second-order valence-electron chi connectivity index (χ2n) is 9.65. The average Bonchev–Trinajstić information content (AvgIpc) is 3.01. The van der Waals surface area contributed by atoms with Crippen LogP contribution in [0.1, 0.15) is 58.4 Å². The van der Waals surface area contributed by atoms with E-state index in [4.69, 9.17) is 0 Å². The molecule has 2 nitrogen and oxygen atoms in total. The van der Waals surface area contributed by atoms with Crippen molar-refractivity contribution in [3.63, 3.8) is 0 Å². The zero-order valence-electron chi connectivity index (χ0n) is 16.7. The lowest BCUT2D eigenvalue weighted by atomic mass is 9.46. The molecular formula is C25H29NO. The fourth-order valence-corrected chi connectivity index (χ4v) is 6.91. The molecule has 0 amide bonds. The van der Waals surface area contributed by atoms with Gasteiger partial charge < -0.3 is 0 Å². The number of ketones is 1. The Morgan fingerprint density at radius 1 is 1.15 bits per heavy atom. The molecule has 5 atom stereocenters. The van der Waals surface area contributed by atoms with Gasteiger partial charge in [-0.2, -0.15) is 0 Å². The monoisotopic (exact) mass is 359 g/mol. The highest BCUT2D eigenvalue weighted by atomic mass is 16.1. The predicted octanol–water partition coefficient (Wildman–Crippen LogP) is 5.77. The van der Waals surface area contributed by atoms with Crippen LogP contribution in [0.3, 0.4) is 0 Å². The van der Waals surface area contributed by atoms with Gasteiger partial charge in [0, 0.05) is 24.2 Å². The number of nitrogens with zero attached hydrogens (tertiary/aromatic N) is 1. The van der Waals surface area contributed by atoms with Crippen LogP contribution in [-0.2, 0) is 4.79 Å². The standard InChI is InChI=1S/C25H29NO/c1-16-13-19-21-7-6-20(17-5-4-12-26-15-17)24(21,2)11-9-22(19)25(3)10-8-18(27)14-23(16)25/h4-7,12,14-16,19,22H,8-11,13H2,1-3H3. The predicted molar refractivity (Wildman–Crippen MR) is 109 cm³/mol. The summed E-state index contributed by atoms with van der Waals surface area (Å²) in [5.41, 5.74) is 6.15. The zero-order valence-corrected chi connectivity index (χ0v) is 16.7. The number of hydrogen-bond acceptors (Lipinski definition) is 2. The van der Waals surface area contributed by atoms with Gasteiger partial charge in [-0.25, -0.2) is 0 Å². The van der Waals surface area contributed by atoms with E-state index in [-0.39, 0.29) is 10.8 Å². The van der Waals surface area contributed by atoms with E-state index in [0.717, 1.165) is 12.8 Å². The van der Waals surface area contributed by atoms with E-state index in [0.29, 0.717) is 23.5 Å². The molecule has 0 bridgehead atoms. The summed E-state index contributed by atoms with van der Waals surface area (Å²) >= 11 is 0. The van der Waals surface area contributed by atoms with E-state index >= 15 is 0 Å². The number of fused-ring (bicyclic) bond motifs is 5. The van der Waals surface area contributed by atoms with E-state index in [1.54, 1.807) is 5.57 Å². The lowest BCUT2D eigenvalue weighted by Gasteiger charge is -2.57. The average molecular weight is 360 g/mol. The molecule has 5 rings (SSSR count). The quantitative estimate of drug-likeness (QED) is 0.637. The van der Waals surface area contributed by atoms with Gasteiger partial charge in [-0.1, -0.05) is 50.1 Å². The van der Waals surface area contributed by atoms with Gasteiger partial charge in [0.2, 0.25) is 0 Å². The maximum Gasteiger partial charge on any atom is 0.155 e. The first-order chi connectivity index (χ1) is 12.9. The van der Waals surface area contributed by atoms with Crippen LogP contribution in [0, 0.1) is 28.6 Å². The smallest absolute Gasteiger partial charge is 0.155 e. The third-order valence-electron chi connectivity index (χ3n) is 8.30. The highest BCUT2D eigenvalue weighted by Crippen LogP contribution is 2.66. The van der Waals surface area contributed by atoms with E-state index < -0.39 is 0 Å². The van der Waals surface area contributed by atoms with Crippen molar-refractivity contribution < 1.29 is 4.79 Å². The van der Waals surface area contributed by atoms with Gasteiger partial charge in [0.25, 0.3) is 0 Å². The maximum atomic E-state index is 12.1. The summed E-state index contributed by atoms with van der Waals surface area (Å²) in [6.07, 6.45) is 16.1. The van der Waals surface area contributed by atoms with Gasteiger partial charge in [0.05, 0.1) is 0 Å². The Hall–Kier alpha value is -1.96. The second kappa shape index (κ2) is 5.77. The van der Waals surface area contributed by atoms with Gasteiger partial charge in [0.1, 0.15) is 0 Å². The molecule has 0 aliphatic heterocycles. The van der Waals surface area contributed by atoms with Crippen LogP contribution >= 0.6 is 0 Å². The van der Waals surface area contributed by atoms with Crippen molar-refractivity contribution in [2.75, 3.05) is 0 Å². The van der Waals surface area contributed by atoms with Crippen molar-refractivity contribution in [2.24, 2.45) is 28.6 Å². The third-order valence-corrected chi connectivity index (χ3v) is 8.30. The Bertz CT molecular complexity index is 892. The fraction of sp³-hybridized carbons (Fsp3) is 0.520. The molecule has 1 aromatic heterocycles. The molecule has 2 saturated carbocycles. The maximum absolute atomic E-state index is 12.1. The second-order valence-corrected chi connectivity index (χ2v) is 9.65. The van der Waals surface area contributed by atoms with Crippen LogP contribution in [0.5, 0.6) is 0 Å². The molecule has 4 aliphatic rings. The SMILES string of the molecule is CC1CC2C3=CC=C(c4cccnc4)C3(C)CCC2C2(C)CCC(=O)C=C12. The Balaban J connectivity index is 1.53. The molecule has 0 radical (unpaired) electrons. The largest absolute Gasteiger partial charge is 0.295 e. The molecule has 140 valence electrons. The van der Waals surface area contributed by atoms with E-state index in [9.17, 15) is 4.79 Å². The minimum atomic E-state index is 0.145. The number of pyridine rings is 1. The van der Waals surface area contributed by atoms with Gasteiger partial charge >= 0.3 is 0 Å². The Morgan fingerprint density at radius 2 is 2.00 bits per heavy atom. The minimum Gasteiger partial charge on any atom is -0.295 e. The Labute approximate surface area is 162 Å². The van der Waals surface area contributed by atoms with Crippen molar-refractivity contribution in [1.82, 2.24) is 4.98 Å². The Morgan fingerprint density at radius 3 is 2.78 bits per heavy atom. The molecule has 4 aliphatic carbocycles. The zero-order chi connectivity index (χ0) is 18.8. The number of carbonyl (C=O) groups is 1. The third kappa shape index (κ3) is 2.31. The van der Waals surface area contributed by atoms with Gasteiger partial charge in [-0.15, -0.1) is 0 Å². The molecule has 0 aromatic carbocycles. The Kier molecular flexibility index (Phi) is 3.67. The first kappa shape index (κ1) is 17.2. The van der Waals surface area contributed by atoms with Crippen molar-refractivity contribution in [2.45, 2.75) is 52.9 Å². The molecule has 1 aromatic rings. The normalized spacial score (nSPS) is 40.3. The molecule has 0 N–H and O–H groups in total. The summed E-state index contributed by atoms with van der Waals surface area (Å²) in [6, 6.07) is 4.24. The lowest BCUT2D eigenvalue weighted by Crippen LogP contribution is -2.49. The van der Waals surface area contributed by atoms with Gasteiger partial charge in [0.15, 0.2) is 5.78 Å². The van der Waals surface area contributed by atoms with Crippen LogP contribution in [0.4, 0.5) is 0 Å². The van der Waals surface area contributed by atoms with Crippen LogP contribution in [0.25, 0.3) is 5.57 Å². The van der Waals surface area contributed by atoms with Crippen molar-refractivity contribution in [3.8, 4) is 0 Å². The molecule has 0 saturated heterocycles. The highest BCUT2D eigenvalue weighted by Gasteiger charge is 2.56. The van der Waals surface area contributed by atoms with Crippen LogP contribution in [0.15, 0.2) is 53.9 Å². The number of carbonyl (C=O) groups excluding carboxylic acids is 1. The number of hydrogen-bond donors (Lipinski definition) is 0. The van der Waals surface area contributed by atoms with Crippen LogP contribution in [-0.4, -0.2) is 10.8 Å². The first-order valence-electron chi connectivity index (χ1n) is 10.5. The van der Waals surface area contributed by atoms with Crippen molar-refractivity contribution in [1.29, 1.82) is 0 Å². The summed E-state index contributed by atoms with van der Waals surface area (Å²) in [4.78, 5) is 16.5. The van der Waals surface area contributed by atoms with Gasteiger partial charge in [-0.3, -0.25) is 9.78 Å². The van der Waals surface area contributed by atoms with E-state index in [2.05, 4.69) is 44.0 Å². The van der Waals surface area contributed by atoms with Crippen molar-refractivity contribution >= 4 is 11.4 Å². The minimum absolute atomic E-state index is 0.145. The number of allylic oxidation sites excluding steroid dienone is 6. The first-order valence-corrected chi connectivity index (χ1v) is 10.5. The molecule has 1 heterocycles. The summed E-state index contributed by atoms with van der Waals surface area (Å²) in [5.74, 6) is 2.16. The van der Waals surface area contributed by atoms with Crippen molar-refractivity contribution in [3.05, 3.63) is 59.5 Å². The highest BCUT2D eigenvalue weighted by molar-refractivity contribution is 5.91. The summed E-state index contributed by atoms with van der Waals surface area (Å²) in [5, 5.41) is 0. The fourth-order valence-electron chi connectivity index (χ4n) is 6.91. The molecule has 2 fully saturated rings. The molecule has 5 unspecified atom stereocenters. The molecular weight excluding hydrogens is 330 g/mol. The number of rotatable bonds is 1. The van der Waals surface area contributed by atoms with E-state index in [1.165, 1.54) is 36.0 Å². The molecule has 2 heteroatoms. The summed E-state index contributed by atoms with van der Waals surface area (Å²) < 4.78 is 0.